The van der Waals surface area contributed by atoms with Crippen LogP contribution in [0.2, 0.25) is 0 Å². The summed E-state index contributed by atoms with van der Waals surface area (Å²) in [6, 6.07) is 22.2. The van der Waals surface area contributed by atoms with Gasteiger partial charge in [0.15, 0.2) is 0 Å². The zero-order chi connectivity index (χ0) is 26.8. The Hall–Kier alpha value is -3.43. The molecule has 0 N–H and O–H groups in total. The minimum absolute atomic E-state index is 0.0260. The third-order valence-electron chi connectivity index (χ3n) is 7.64. The normalized spacial score (nSPS) is 12.4. The molecule has 0 radical (unpaired) electrons. The number of hydrogen-bond donors (Lipinski definition) is 0. The fourth-order valence-electron chi connectivity index (χ4n) is 5.78. The lowest BCUT2D eigenvalue weighted by Crippen LogP contribution is -2.12. The van der Waals surface area contributed by atoms with Crippen LogP contribution in [-0.4, -0.2) is 4.98 Å². The highest BCUT2D eigenvalue weighted by Gasteiger charge is 2.23. The number of fused-ring (bicyclic) bond motifs is 3. The second kappa shape index (κ2) is 9.10. The van der Waals surface area contributed by atoms with E-state index >= 15 is 0 Å². The summed E-state index contributed by atoms with van der Waals surface area (Å²) >= 11 is 1.81. The van der Waals surface area contributed by atoms with Gasteiger partial charge in [0, 0.05) is 32.8 Å². The Bertz CT molecular complexity index is 1830. The molecule has 0 fully saturated rings. The highest BCUT2D eigenvalue weighted by atomic mass is 32.1. The minimum atomic E-state index is 0.0260. The van der Waals surface area contributed by atoms with Gasteiger partial charge in [0.2, 0.25) is 0 Å². The molecule has 0 aliphatic heterocycles. The van der Waals surface area contributed by atoms with E-state index in [1.807, 2.05) is 17.5 Å². The SMILES string of the molecule is Cc1c(-c2sc3ccnc(-c4cc(C(C)(C)C)c5ccccc5c4)c3c2C)oc2cc(CC(C)C)ccc12. The van der Waals surface area contributed by atoms with Gasteiger partial charge in [-0.1, -0.05) is 71.0 Å². The van der Waals surface area contributed by atoms with E-state index in [9.17, 15) is 0 Å². The van der Waals surface area contributed by atoms with Crippen LogP contribution < -0.4 is 0 Å². The molecule has 2 nitrogen and oxygen atoms in total. The second-order valence-electron chi connectivity index (χ2n) is 12.1. The molecule has 0 spiro atoms. The quantitative estimate of drug-likeness (QED) is 0.232. The predicted octanol–water partition coefficient (Wildman–Crippen LogP) is 10.6. The zero-order valence-corrected chi connectivity index (χ0v) is 24.2. The van der Waals surface area contributed by atoms with E-state index in [0.29, 0.717) is 5.92 Å². The van der Waals surface area contributed by atoms with Crippen LogP contribution in [0.1, 0.15) is 56.9 Å². The van der Waals surface area contributed by atoms with Crippen molar-refractivity contribution >= 4 is 43.2 Å². The van der Waals surface area contributed by atoms with E-state index in [1.165, 1.54) is 58.9 Å². The molecule has 0 aliphatic carbocycles. The van der Waals surface area contributed by atoms with Crippen molar-refractivity contribution in [2.24, 2.45) is 5.92 Å². The largest absolute Gasteiger partial charge is 0.455 e. The van der Waals surface area contributed by atoms with Gasteiger partial charge in [0.1, 0.15) is 11.3 Å². The molecule has 0 atom stereocenters. The maximum Gasteiger partial charge on any atom is 0.148 e. The lowest BCUT2D eigenvalue weighted by Gasteiger charge is -2.23. The van der Waals surface area contributed by atoms with Gasteiger partial charge in [0.25, 0.3) is 0 Å². The average Bonchev–Trinajstić information content (AvgIpc) is 3.38. The summed E-state index contributed by atoms with van der Waals surface area (Å²) in [4.78, 5) is 6.15. The van der Waals surface area contributed by atoms with E-state index < -0.39 is 0 Å². The van der Waals surface area contributed by atoms with E-state index in [1.54, 1.807) is 0 Å². The monoisotopic (exact) mass is 517 g/mol. The summed E-state index contributed by atoms with van der Waals surface area (Å²) in [5, 5.41) is 5.00. The molecule has 0 aliphatic rings. The van der Waals surface area contributed by atoms with Gasteiger partial charge in [-0.15, -0.1) is 11.3 Å². The van der Waals surface area contributed by atoms with Crippen molar-refractivity contribution in [2.45, 2.75) is 60.3 Å². The highest BCUT2D eigenvalue weighted by molar-refractivity contribution is 7.22. The Morgan fingerprint density at radius 2 is 1.68 bits per heavy atom. The number of pyridine rings is 1. The predicted molar refractivity (Wildman–Crippen MR) is 164 cm³/mol. The molecule has 0 amide bonds. The summed E-state index contributed by atoms with van der Waals surface area (Å²) in [6.45, 7) is 15.8. The molecule has 0 unspecified atom stereocenters. The Labute approximate surface area is 229 Å². The first kappa shape index (κ1) is 24.9. The molecule has 3 heteroatoms. The summed E-state index contributed by atoms with van der Waals surface area (Å²) in [7, 11) is 0. The van der Waals surface area contributed by atoms with Crippen LogP contribution in [0.4, 0.5) is 0 Å². The number of thiophene rings is 1. The highest BCUT2D eigenvalue weighted by Crippen LogP contribution is 2.46. The molecule has 0 bridgehead atoms. The van der Waals surface area contributed by atoms with Crippen LogP contribution in [0.25, 0.3) is 53.7 Å². The zero-order valence-electron chi connectivity index (χ0n) is 23.4. The molecule has 3 heterocycles. The molecular formula is C35H35NOS. The first-order valence-electron chi connectivity index (χ1n) is 13.6. The van der Waals surface area contributed by atoms with Crippen LogP contribution in [0.5, 0.6) is 0 Å². The maximum absolute atomic E-state index is 6.57. The molecular weight excluding hydrogens is 482 g/mol. The number of nitrogens with zero attached hydrogens (tertiary/aromatic N) is 1. The Balaban J connectivity index is 1.55. The number of benzene rings is 3. The van der Waals surface area contributed by atoms with Crippen LogP contribution in [0.15, 0.2) is 71.3 Å². The topological polar surface area (TPSA) is 26.0 Å². The second-order valence-corrected chi connectivity index (χ2v) is 13.1. The van der Waals surface area contributed by atoms with E-state index in [2.05, 4.69) is 109 Å². The van der Waals surface area contributed by atoms with Crippen molar-refractivity contribution < 1.29 is 4.42 Å². The average molecular weight is 518 g/mol. The molecule has 3 aromatic heterocycles. The standard InChI is InChI=1S/C35H35NOS/c1-20(2)16-23-12-13-26-21(3)33(37-29(26)17-23)34-22(4)31-30(38-34)14-15-36-32(31)25-18-24-10-8-9-11-27(24)28(19-25)35(5,6)7/h8-15,17-20H,16H2,1-7H3. The van der Waals surface area contributed by atoms with Crippen LogP contribution in [-0.2, 0) is 11.8 Å². The summed E-state index contributed by atoms with van der Waals surface area (Å²) in [5.41, 5.74) is 8.36. The Morgan fingerprint density at radius 3 is 2.45 bits per heavy atom. The molecule has 0 saturated carbocycles. The van der Waals surface area contributed by atoms with E-state index in [-0.39, 0.29) is 5.41 Å². The third kappa shape index (κ3) is 4.14. The fraction of sp³-hybridized carbons (Fsp3) is 0.286. The maximum atomic E-state index is 6.57. The van der Waals surface area contributed by atoms with Gasteiger partial charge in [-0.05, 0) is 83.3 Å². The summed E-state index contributed by atoms with van der Waals surface area (Å²) in [5.74, 6) is 1.60. The van der Waals surface area contributed by atoms with Crippen molar-refractivity contribution in [3.63, 3.8) is 0 Å². The molecule has 6 rings (SSSR count). The molecule has 3 aromatic carbocycles. The van der Waals surface area contributed by atoms with Crippen molar-refractivity contribution in [1.82, 2.24) is 4.98 Å². The van der Waals surface area contributed by atoms with E-state index in [4.69, 9.17) is 9.40 Å². The van der Waals surface area contributed by atoms with Gasteiger partial charge >= 0.3 is 0 Å². The van der Waals surface area contributed by atoms with Crippen molar-refractivity contribution in [3.05, 3.63) is 89.1 Å². The van der Waals surface area contributed by atoms with Gasteiger partial charge in [0.05, 0.1) is 10.6 Å². The van der Waals surface area contributed by atoms with E-state index in [0.717, 1.165) is 23.5 Å². The van der Waals surface area contributed by atoms with Gasteiger partial charge < -0.3 is 4.42 Å². The summed E-state index contributed by atoms with van der Waals surface area (Å²) < 4.78 is 7.82. The minimum Gasteiger partial charge on any atom is -0.455 e. The molecule has 192 valence electrons. The Morgan fingerprint density at radius 1 is 0.895 bits per heavy atom. The lowest BCUT2D eigenvalue weighted by atomic mass is 9.82. The first-order chi connectivity index (χ1) is 18.1. The number of aryl methyl sites for hydroxylation is 2. The molecule has 0 saturated heterocycles. The van der Waals surface area contributed by atoms with Gasteiger partial charge in [-0.2, -0.15) is 0 Å². The number of aromatic nitrogens is 1. The van der Waals surface area contributed by atoms with Crippen LogP contribution >= 0.6 is 11.3 Å². The fourth-order valence-corrected chi connectivity index (χ4v) is 7.02. The Kier molecular flexibility index (Phi) is 5.96. The van der Waals surface area contributed by atoms with Gasteiger partial charge in [-0.3, -0.25) is 4.98 Å². The molecule has 38 heavy (non-hydrogen) atoms. The van der Waals surface area contributed by atoms with Crippen molar-refractivity contribution in [2.75, 3.05) is 0 Å². The first-order valence-corrected chi connectivity index (χ1v) is 14.4. The van der Waals surface area contributed by atoms with Crippen molar-refractivity contribution in [1.29, 1.82) is 0 Å². The van der Waals surface area contributed by atoms with Crippen molar-refractivity contribution in [3.8, 4) is 21.9 Å². The number of rotatable bonds is 4. The van der Waals surface area contributed by atoms with Gasteiger partial charge in [-0.25, -0.2) is 0 Å². The number of hydrogen-bond acceptors (Lipinski definition) is 3. The third-order valence-corrected chi connectivity index (χ3v) is 8.89. The smallest absolute Gasteiger partial charge is 0.148 e. The van der Waals surface area contributed by atoms with Crippen LogP contribution in [0.3, 0.4) is 0 Å². The lowest BCUT2D eigenvalue weighted by molar-refractivity contribution is 0.596. The number of furan rings is 1. The van der Waals surface area contributed by atoms with Crippen LogP contribution in [0, 0.1) is 19.8 Å². The summed E-state index contributed by atoms with van der Waals surface area (Å²) in [6.07, 6.45) is 3.01. The molecule has 6 aromatic rings.